The lowest BCUT2D eigenvalue weighted by atomic mass is 10.4. The van der Waals surface area contributed by atoms with Crippen LogP contribution >= 0.6 is 0 Å². The molecule has 0 aliphatic heterocycles. The van der Waals surface area contributed by atoms with E-state index in [-0.39, 0.29) is 0 Å². The first-order chi connectivity index (χ1) is 10.4. The fourth-order valence-corrected chi connectivity index (χ4v) is 2.12. The van der Waals surface area contributed by atoms with E-state index >= 15 is 0 Å². The second-order valence-corrected chi connectivity index (χ2v) is 4.61. The quantitative estimate of drug-likeness (QED) is 0.636. The number of aryl methyl sites for hydroxylation is 1. The average Bonchev–Trinajstić information content (AvgIpc) is 3.14. The molecular formula is C13H18N8. The van der Waals surface area contributed by atoms with Gasteiger partial charge in [-0.2, -0.15) is 0 Å². The third-order valence-corrected chi connectivity index (χ3v) is 3.06. The van der Waals surface area contributed by atoms with Gasteiger partial charge in [0.05, 0.1) is 12.4 Å². The van der Waals surface area contributed by atoms with Crippen molar-refractivity contribution in [3.8, 4) is 0 Å². The summed E-state index contributed by atoms with van der Waals surface area (Å²) in [6.45, 7) is 4.50. The number of rotatable bonds is 7. The van der Waals surface area contributed by atoms with Crippen LogP contribution in [-0.2, 0) is 6.54 Å². The van der Waals surface area contributed by atoms with Gasteiger partial charge in [-0.25, -0.2) is 9.97 Å². The Labute approximate surface area is 122 Å². The summed E-state index contributed by atoms with van der Waals surface area (Å²) in [6.07, 6.45) is 10.1. The van der Waals surface area contributed by atoms with Gasteiger partial charge in [-0.1, -0.05) is 5.21 Å². The summed E-state index contributed by atoms with van der Waals surface area (Å²) in [5, 5.41) is 14.3. The Hall–Kier alpha value is -2.64. The first-order valence-electron chi connectivity index (χ1n) is 7.02. The van der Waals surface area contributed by atoms with Crippen LogP contribution in [0.15, 0.2) is 31.0 Å². The number of imidazole rings is 1. The molecule has 3 rings (SSSR count). The lowest BCUT2D eigenvalue weighted by Crippen LogP contribution is -2.11. The highest BCUT2D eigenvalue weighted by atomic mass is 15.4. The van der Waals surface area contributed by atoms with Gasteiger partial charge >= 0.3 is 0 Å². The van der Waals surface area contributed by atoms with Gasteiger partial charge in [0.15, 0.2) is 11.5 Å². The maximum absolute atomic E-state index is 4.56. The molecule has 0 aromatic carbocycles. The summed E-state index contributed by atoms with van der Waals surface area (Å²) in [5.74, 6) is 1.62. The zero-order valence-electron chi connectivity index (χ0n) is 11.9. The van der Waals surface area contributed by atoms with Crippen LogP contribution in [-0.4, -0.2) is 42.5 Å². The minimum atomic E-state index is 0.789. The van der Waals surface area contributed by atoms with Crippen molar-refractivity contribution in [3.05, 3.63) is 31.0 Å². The monoisotopic (exact) mass is 286 g/mol. The number of aromatic nitrogens is 6. The van der Waals surface area contributed by atoms with Gasteiger partial charge in [0.1, 0.15) is 5.82 Å². The predicted octanol–water partition coefficient (Wildman–Crippen LogP) is 1.25. The minimum absolute atomic E-state index is 0.789. The molecule has 0 radical (unpaired) electrons. The molecule has 0 spiro atoms. The second kappa shape index (κ2) is 6.21. The van der Waals surface area contributed by atoms with Crippen molar-refractivity contribution >= 4 is 17.3 Å². The van der Waals surface area contributed by atoms with E-state index in [1.807, 2.05) is 34.6 Å². The summed E-state index contributed by atoms with van der Waals surface area (Å²) in [5.41, 5.74) is 0.831. The zero-order chi connectivity index (χ0) is 14.5. The number of anilines is 2. The molecule has 110 valence electrons. The number of fused-ring (bicyclic) bond motifs is 1. The van der Waals surface area contributed by atoms with Crippen LogP contribution in [0, 0.1) is 0 Å². The third-order valence-electron chi connectivity index (χ3n) is 3.06. The van der Waals surface area contributed by atoms with E-state index in [0.717, 1.165) is 43.3 Å². The van der Waals surface area contributed by atoms with E-state index in [1.165, 1.54) is 0 Å². The molecule has 0 saturated heterocycles. The van der Waals surface area contributed by atoms with Crippen molar-refractivity contribution < 1.29 is 0 Å². The molecule has 0 aliphatic carbocycles. The molecule has 3 aromatic rings. The molecule has 3 aromatic heterocycles. The van der Waals surface area contributed by atoms with E-state index in [2.05, 4.69) is 30.9 Å². The lowest BCUT2D eigenvalue weighted by Gasteiger charge is -2.10. The first kappa shape index (κ1) is 13.3. The van der Waals surface area contributed by atoms with Crippen molar-refractivity contribution in [1.29, 1.82) is 0 Å². The summed E-state index contributed by atoms with van der Waals surface area (Å²) < 4.78 is 3.78. The molecule has 21 heavy (non-hydrogen) atoms. The van der Waals surface area contributed by atoms with Gasteiger partial charge in [0.2, 0.25) is 0 Å². The van der Waals surface area contributed by atoms with Crippen molar-refractivity contribution in [3.63, 3.8) is 0 Å². The van der Waals surface area contributed by atoms with E-state index in [4.69, 9.17) is 0 Å². The molecule has 0 atom stereocenters. The van der Waals surface area contributed by atoms with Crippen molar-refractivity contribution in [2.45, 2.75) is 19.9 Å². The Morgan fingerprint density at radius 1 is 1.19 bits per heavy atom. The van der Waals surface area contributed by atoms with Gasteiger partial charge in [-0.15, -0.1) is 5.10 Å². The third kappa shape index (κ3) is 3.10. The average molecular weight is 286 g/mol. The molecule has 3 heterocycles. The topological polar surface area (TPSA) is 85.0 Å². The van der Waals surface area contributed by atoms with Crippen LogP contribution in [0.4, 0.5) is 11.6 Å². The summed E-state index contributed by atoms with van der Waals surface area (Å²) in [6, 6.07) is 0. The van der Waals surface area contributed by atoms with Crippen LogP contribution < -0.4 is 10.6 Å². The van der Waals surface area contributed by atoms with E-state index in [1.54, 1.807) is 12.4 Å². The van der Waals surface area contributed by atoms with Gasteiger partial charge in [-0.3, -0.25) is 4.68 Å². The van der Waals surface area contributed by atoms with E-state index < -0.39 is 0 Å². The molecule has 0 fully saturated rings. The highest BCUT2D eigenvalue weighted by Crippen LogP contribution is 2.16. The number of hydrogen-bond acceptors (Lipinski definition) is 6. The van der Waals surface area contributed by atoms with Crippen molar-refractivity contribution in [2.24, 2.45) is 0 Å². The predicted molar refractivity (Wildman–Crippen MR) is 80.3 cm³/mol. The smallest absolute Gasteiger partial charge is 0.180 e. The molecule has 2 N–H and O–H groups in total. The van der Waals surface area contributed by atoms with Gasteiger partial charge < -0.3 is 15.0 Å². The fraction of sp³-hybridized carbons (Fsp3) is 0.385. The minimum Gasteiger partial charge on any atom is -0.369 e. The van der Waals surface area contributed by atoms with Crippen LogP contribution in [0.2, 0.25) is 0 Å². The first-order valence-corrected chi connectivity index (χ1v) is 7.02. The Morgan fingerprint density at radius 2 is 2.14 bits per heavy atom. The summed E-state index contributed by atoms with van der Waals surface area (Å²) in [7, 11) is 0. The normalized spacial score (nSPS) is 10.9. The molecule has 0 bridgehead atoms. The maximum atomic E-state index is 4.56. The molecular weight excluding hydrogens is 268 g/mol. The van der Waals surface area contributed by atoms with Crippen LogP contribution in [0.1, 0.15) is 13.3 Å². The SMILES string of the molecule is CCNc1cn2ccnc2c(NCCCn2ccnn2)n1. The van der Waals surface area contributed by atoms with Gasteiger partial charge in [0, 0.05) is 38.2 Å². The van der Waals surface area contributed by atoms with Crippen molar-refractivity contribution in [2.75, 3.05) is 23.7 Å². The maximum Gasteiger partial charge on any atom is 0.180 e. The Balaban J connectivity index is 1.66. The van der Waals surface area contributed by atoms with Gasteiger partial charge in [-0.05, 0) is 13.3 Å². The number of hydrogen-bond donors (Lipinski definition) is 2. The Kier molecular flexibility index (Phi) is 3.95. The Bertz CT molecular complexity index is 687. The van der Waals surface area contributed by atoms with E-state index in [9.17, 15) is 0 Å². The molecule has 0 amide bonds. The summed E-state index contributed by atoms with van der Waals surface area (Å²) >= 11 is 0. The lowest BCUT2D eigenvalue weighted by molar-refractivity contribution is 0.569. The summed E-state index contributed by atoms with van der Waals surface area (Å²) in [4.78, 5) is 8.89. The van der Waals surface area contributed by atoms with Crippen LogP contribution in [0.5, 0.6) is 0 Å². The standard InChI is InChI=1S/C13H18N8/c1-2-14-11-10-20-8-5-16-13(20)12(18-11)15-4-3-7-21-9-6-17-19-21/h5-6,8-10,14H,2-4,7H2,1H3,(H,15,18). The molecule has 8 heteroatoms. The molecule has 0 unspecified atom stereocenters. The van der Waals surface area contributed by atoms with Crippen molar-refractivity contribution in [1.82, 2.24) is 29.4 Å². The molecule has 0 saturated carbocycles. The second-order valence-electron chi connectivity index (χ2n) is 4.61. The van der Waals surface area contributed by atoms with Crippen LogP contribution in [0.25, 0.3) is 5.65 Å². The number of nitrogens with one attached hydrogen (secondary N) is 2. The highest BCUT2D eigenvalue weighted by Gasteiger charge is 2.06. The Morgan fingerprint density at radius 3 is 2.95 bits per heavy atom. The molecule has 8 nitrogen and oxygen atoms in total. The van der Waals surface area contributed by atoms with Gasteiger partial charge in [0.25, 0.3) is 0 Å². The zero-order valence-corrected chi connectivity index (χ0v) is 11.9. The largest absolute Gasteiger partial charge is 0.369 e. The van der Waals surface area contributed by atoms with Crippen LogP contribution in [0.3, 0.4) is 0 Å². The highest BCUT2D eigenvalue weighted by molar-refractivity contribution is 5.65. The number of nitrogens with zero attached hydrogens (tertiary/aromatic N) is 6. The fourth-order valence-electron chi connectivity index (χ4n) is 2.12. The molecule has 0 aliphatic rings. The van der Waals surface area contributed by atoms with E-state index in [0.29, 0.717) is 0 Å².